The highest BCUT2D eigenvalue weighted by atomic mass is 16.7. The first-order valence-electron chi connectivity index (χ1n) is 16.2. The van der Waals surface area contributed by atoms with E-state index in [-0.39, 0.29) is 54.6 Å². The fourth-order valence-electron chi connectivity index (χ4n) is 10.7. The molecule has 0 aromatic rings. The molecule has 0 aromatic carbocycles. The Kier molecular flexibility index (Phi) is 11.8. The lowest BCUT2D eigenvalue weighted by molar-refractivity contribution is -0.267. The lowest BCUT2D eigenvalue weighted by atomic mass is 9.40. The molecule has 244 valence electrons. The van der Waals surface area contributed by atoms with Gasteiger partial charge in [0.05, 0.1) is 25.4 Å². The summed E-state index contributed by atoms with van der Waals surface area (Å²) in [5, 5.41) is 10.6. The number of aliphatic hydroxyl groups excluding tert-OH is 1. The van der Waals surface area contributed by atoms with E-state index in [1.807, 2.05) is 0 Å². The number of methoxy groups -OCH3 is 4. The van der Waals surface area contributed by atoms with Gasteiger partial charge in [-0.3, -0.25) is 0 Å². The van der Waals surface area contributed by atoms with Crippen LogP contribution in [0, 0.1) is 52.3 Å². The fourth-order valence-corrected chi connectivity index (χ4v) is 10.7. The minimum absolute atomic E-state index is 0.00936. The Balaban J connectivity index is 1.72. The molecule has 0 saturated heterocycles. The molecule has 4 fully saturated rings. The van der Waals surface area contributed by atoms with Crippen molar-refractivity contribution in [3.8, 4) is 0 Å². The first kappa shape index (κ1) is 34.1. The van der Waals surface area contributed by atoms with Crippen LogP contribution in [0.25, 0.3) is 0 Å². The number of carbonyl (C=O) groups excluding carboxylic acids is 1. The van der Waals surface area contributed by atoms with Gasteiger partial charge in [0, 0.05) is 26.7 Å². The first-order chi connectivity index (χ1) is 20.1. The molecule has 4 aliphatic carbocycles. The summed E-state index contributed by atoms with van der Waals surface area (Å²) in [5.41, 5.74) is -0.00407. The second kappa shape index (κ2) is 14.5. The summed E-state index contributed by atoms with van der Waals surface area (Å²) in [4.78, 5) is 12.1. The summed E-state index contributed by atoms with van der Waals surface area (Å²) < 4.78 is 40.6. The van der Waals surface area contributed by atoms with E-state index in [4.69, 9.17) is 33.2 Å². The highest BCUT2D eigenvalue weighted by Crippen LogP contribution is 2.70. The average Bonchev–Trinajstić information content (AvgIpc) is 3.35. The van der Waals surface area contributed by atoms with Crippen LogP contribution < -0.4 is 0 Å². The molecule has 0 bridgehead atoms. The molecule has 0 radical (unpaired) electrons. The van der Waals surface area contributed by atoms with Crippen molar-refractivity contribution in [3.63, 3.8) is 0 Å². The monoisotopic (exact) mass is 598 g/mol. The number of hydrogen-bond acceptors (Lipinski definition) is 9. The molecule has 0 heterocycles. The van der Waals surface area contributed by atoms with E-state index >= 15 is 0 Å². The Morgan fingerprint density at radius 1 is 0.881 bits per heavy atom. The van der Waals surface area contributed by atoms with Crippen LogP contribution >= 0.6 is 0 Å². The number of fused-ring (bicyclic) bond motifs is 5. The Hall–Kier alpha value is -0.810. The maximum absolute atomic E-state index is 12.1. The Bertz CT molecular complexity index is 870. The third-order valence-corrected chi connectivity index (χ3v) is 12.4. The maximum atomic E-state index is 12.1. The van der Waals surface area contributed by atoms with Crippen LogP contribution in [0.4, 0.5) is 0 Å². The summed E-state index contributed by atoms with van der Waals surface area (Å²) in [5.74, 6) is 1.92. The summed E-state index contributed by atoms with van der Waals surface area (Å²) in [6, 6.07) is 0. The zero-order valence-corrected chi connectivity index (χ0v) is 27.3. The third kappa shape index (κ3) is 6.18. The van der Waals surface area contributed by atoms with E-state index in [1.165, 1.54) is 7.11 Å². The molecule has 0 spiro atoms. The minimum atomic E-state index is -1.12. The molecule has 4 saturated carbocycles. The van der Waals surface area contributed by atoms with E-state index < -0.39 is 12.1 Å². The van der Waals surface area contributed by atoms with Gasteiger partial charge in [0.2, 0.25) is 0 Å². The van der Waals surface area contributed by atoms with Gasteiger partial charge in [0.25, 0.3) is 0 Å². The van der Waals surface area contributed by atoms with Gasteiger partial charge in [-0.25, -0.2) is 4.79 Å². The lowest BCUT2D eigenvalue weighted by Gasteiger charge is -2.66. The van der Waals surface area contributed by atoms with Crippen LogP contribution in [-0.4, -0.2) is 84.3 Å². The number of carbonyl (C=O) groups is 1. The molecule has 1 unspecified atom stereocenters. The van der Waals surface area contributed by atoms with Crippen molar-refractivity contribution in [2.75, 3.05) is 48.8 Å². The standard InChI is InChI=1S/C33H58O9/c1-9-22-25-15-21(40-17-36-5)12-13-32(25,3)26-16-28(41-18-37-6)33(4)23(20(2)14-27(34)31(35)39-8)10-11-24(33)29(26)30(22)42-19-38-7/h20-30,34H,9-19H2,1-8H3/t20-,21-,22-,23-,24+,25+,26+,27?,28+,29+,30-,32+,33-/m1/s1. The molecule has 0 amide bonds. The van der Waals surface area contributed by atoms with Crippen molar-refractivity contribution in [3.05, 3.63) is 0 Å². The average molecular weight is 599 g/mol. The second-order valence-electron chi connectivity index (χ2n) is 14.1. The van der Waals surface area contributed by atoms with Crippen LogP contribution in [0.1, 0.15) is 79.1 Å². The van der Waals surface area contributed by atoms with Gasteiger partial charge in [-0.1, -0.05) is 34.1 Å². The molecule has 9 nitrogen and oxygen atoms in total. The molecular formula is C33H58O9. The molecule has 9 heteroatoms. The van der Waals surface area contributed by atoms with Crippen molar-refractivity contribution in [2.24, 2.45) is 52.3 Å². The smallest absolute Gasteiger partial charge is 0.334 e. The summed E-state index contributed by atoms with van der Waals surface area (Å²) in [7, 11) is 6.41. The highest BCUT2D eigenvalue weighted by Gasteiger charge is 2.68. The Morgan fingerprint density at radius 2 is 1.55 bits per heavy atom. The molecule has 0 aliphatic heterocycles. The van der Waals surface area contributed by atoms with E-state index in [1.54, 1.807) is 21.3 Å². The normalized spacial score (nSPS) is 42.7. The molecule has 4 rings (SSSR count). The number of esters is 1. The third-order valence-electron chi connectivity index (χ3n) is 12.4. The fraction of sp³-hybridized carbons (Fsp3) is 0.970. The van der Waals surface area contributed by atoms with Gasteiger partial charge in [-0.15, -0.1) is 0 Å². The summed E-state index contributed by atoms with van der Waals surface area (Å²) in [6.45, 7) is 10.3. The SMILES string of the molecule is CC[C@H]1[C@@H](OCOC)[C@@H]2[C@H](C[C@H](OCOC)[C@]3(C)[C@@H]([C@H](C)CC(O)C(=O)OC)CC[C@@H]23)[C@@]2(C)CC[C@@H](OCOC)C[C@@H]12. The number of aliphatic hydroxyl groups is 1. The van der Waals surface area contributed by atoms with Gasteiger partial charge < -0.3 is 38.3 Å². The van der Waals surface area contributed by atoms with Crippen molar-refractivity contribution >= 4 is 5.97 Å². The van der Waals surface area contributed by atoms with Crippen molar-refractivity contribution < 1.29 is 43.1 Å². The van der Waals surface area contributed by atoms with Crippen LogP contribution in [0.3, 0.4) is 0 Å². The molecule has 0 aromatic heterocycles. The highest BCUT2D eigenvalue weighted by molar-refractivity contribution is 5.74. The minimum Gasteiger partial charge on any atom is -0.467 e. The van der Waals surface area contributed by atoms with E-state index in [0.717, 1.165) is 44.9 Å². The van der Waals surface area contributed by atoms with E-state index in [0.29, 0.717) is 42.8 Å². The summed E-state index contributed by atoms with van der Waals surface area (Å²) in [6.07, 6.45) is 6.85. The quantitative estimate of drug-likeness (QED) is 0.218. The largest absolute Gasteiger partial charge is 0.467 e. The maximum Gasteiger partial charge on any atom is 0.334 e. The van der Waals surface area contributed by atoms with Gasteiger partial charge in [0.1, 0.15) is 20.4 Å². The molecule has 4 aliphatic rings. The number of ether oxygens (including phenoxy) is 7. The van der Waals surface area contributed by atoms with Crippen LogP contribution in [0.2, 0.25) is 0 Å². The molecule has 13 atom stereocenters. The molecular weight excluding hydrogens is 540 g/mol. The predicted molar refractivity (Wildman–Crippen MR) is 157 cm³/mol. The number of rotatable bonds is 14. The topological polar surface area (TPSA) is 102 Å². The van der Waals surface area contributed by atoms with Crippen LogP contribution in [-0.2, 0) is 38.0 Å². The van der Waals surface area contributed by atoms with Crippen LogP contribution in [0.5, 0.6) is 0 Å². The number of hydrogen-bond donors (Lipinski definition) is 1. The van der Waals surface area contributed by atoms with Gasteiger partial charge in [0.15, 0.2) is 6.10 Å². The zero-order valence-electron chi connectivity index (χ0n) is 27.3. The molecule has 42 heavy (non-hydrogen) atoms. The summed E-state index contributed by atoms with van der Waals surface area (Å²) >= 11 is 0. The van der Waals surface area contributed by atoms with Crippen molar-refractivity contribution in [1.82, 2.24) is 0 Å². The van der Waals surface area contributed by atoms with Gasteiger partial charge in [-0.05, 0) is 91.8 Å². The lowest BCUT2D eigenvalue weighted by Crippen LogP contribution is -2.66. The Labute approximate surface area is 253 Å². The van der Waals surface area contributed by atoms with E-state index in [9.17, 15) is 9.90 Å². The predicted octanol–water partition coefficient (Wildman–Crippen LogP) is 5.03. The van der Waals surface area contributed by atoms with E-state index in [2.05, 4.69) is 27.7 Å². The van der Waals surface area contributed by atoms with Gasteiger partial charge in [-0.2, -0.15) is 0 Å². The van der Waals surface area contributed by atoms with Gasteiger partial charge >= 0.3 is 5.97 Å². The zero-order chi connectivity index (χ0) is 30.7. The van der Waals surface area contributed by atoms with Crippen molar-refractivity contribution in [1.29, 1.82) is 0 Å². The Morgan fingerprint density at radius 3 is 2.19 bits per heavy atom. The van der Waals surface area contributed by atoms with Crippen LogP contribution in [0.15, 0.2) is 0 Å². The first-order valence-corrected chi connectivity index (χ1v) is 16.2. The second-order valence-corrected chi connectivity index (χ2v) is 14.1. The molecule has 1 N–H and O–H groups in total. The van der Waals surface area contributed by atoms with Crippen molar-refractivity contribution in [2.45, 2.75) is 103 Å².